The molecule has 104 valence electrons. The lowest BCUT2D eigenvalue weighted by Crippen LogP contribution is -2.39. The zero-order valence-electron chi connectivity index (χ0n) is 11.2. The van der Waals surface area contributed by atoms with E-state index in [4.69, 9.17) is 4.74 Å². The molecule has 0 aromatic carbocycles. The molecule has 0 bridgehead atoms. The molecular weight excluding hydrogens is 250 g/mol. The van der Waals surface area contributed by atoms with Gasteiger partial charge in [0.1, 0.15) is 18.5 Å². The van der Waals surface area contributed by atoms with E-state index in [1.54, 1.807) is 13.8 Å². The lowest BCUT2D eigenvalue weighted by Gasteiger charge is -2.25. The first-order valence-corrected chi connectivity index (χ1v) is 6.23. The van der Waals surface area contributed by atoms with E-state index in [1.165, 1.54) is 10.9 Å². The third kappa shape index (κ3) is 2.74. The van der Waals surface area contributed by atoms with E-state index in [0.717, 1.165) is 19.0 Å². The molecule has 0 radical (unpaired) electrons. The van der Waals surface area contributed by atoms with Crippen LogP contribution in [0.2, 0.25) is 0 Å². The van der Waals surface area contributed by atoms with Gasteiger partial charge >= 0.3 is 11.7 Å². The summed E-state index contributed by atoms with van der Waals surface area (Å²) in [4.78, 5) is 22.2. The van der Waals surface area contributed by atoms with Crippen molar-refractivity contribution >= 4 is 11.7 Å². The first-order valence-electron chi connectivity index (χ1n) is 6.23. The van der Waals surface area contributed by atoms with Crippen molar-refractivity contribution in [2.24, 2.45) is 5.92 Å². The van der Waals surface area contributed by atoms with Crippen molar-refractivity contribution < 1.29 is 14.5 Å². The van der Waals surface area contributed by atoms with Gasteiger partial charge in [0.2, 0.25) is 0 Å². The summed E-state index contributed by atoms with van der Waals surface area (Å²) in [6.07, 6.45) is 4.42. The van der Waals surface area contributed by atoms with Gasteiger partial charge in [0, 0.05) is 0 Å². The molecule has 1 aromatic rings. The maximum absolute atomic E-state index is 12.1. The highest BCUT2D eigenvalue weighted by Crippen LogP contribution is 2.35. The molecule has 7 nitrogen and oxygen atoms in total. The highest BCUT2D eigenvalue weighted by atomic mass is 16.6. The van der Waals surface area contributed by atoms with Crippen LogP contribution in [-0.2, 0) is 15.1 Å². The van der Waals surface area contributed by atoms with E-state index in [9.17, 15) is 14.9 Å². The van der Waals surface area contributed by atoms with Gasteiger partial charge in [0.05, 0.1) is 4.92 Å². The molecule has 1 atom stereocenters. The van der Waals surface area contributed by atoms with Crippen molar-refractivity contribution in [1.29, 1.82) is 0 Å². The number of hydrogen-bond donors (Lipinski definition) is 0. The van der Waals surface area contributed by atoms with E-state index in [1.807, 2.05) is 6.92 Å². The van der Waals surface area contributed by atoms with E-state index >= 15 is 0 Å². The summed E-state index contributed by atoms with van der Waals surface area (Å²) in [5.41, 5.74) is -1.20. The molecule has 0 N–H and O–H groups in total. The fourth-order valence-electron chi connectivity index (χ4n) is 1.78. The summed E-state index contributed by atoms with van der Waals surface area (Å²) in [6.45, 7) is 5.13. The first-order chi connectivity index (χ1) is 8.82. The molecule has 1 saturated carbocycles. The topological polar surface area (TPSA) is 87.3 Å². The standard InChI is InChI=1S/C12H17N3O4/c1-8(9-4-5-9)19-11(16)12(2,3)14-7-10(6-13-14)15(17)18/h6-9H,4-5H2,1-3H3/t8-/m0/s1. The average molecular weight is 267 g/mol. The fourth-order valence-corrected chi connectivity index (χ4v) is 1.78. The Morgan fingerprint density at radius 2 is 2.26 bits per heavy atom. The summed E-state index contributed by atoms with van der Waals surface area (Å²) in [7, 11) is 0. The average Bonchev–Trinajstić information content (AvgIpc) is 3.05. The quantitative estimate of drug-likeness (QED) is 0.461. The Kier molecular flexibility index (Phi) is 3.30. The number of ether oxygens (including phenoxy) is 1. The predicted octanol–water partition coefficient (Wildman–Crippen LogP) is 1.87. The minimum absolute atomic E-state index is 0.114. The Balaban J connectivity index is 2.10. The Bertz CT molecular complexity index is 505. The van der Waals surface area contributed by atoms with Crippen molar-refractivity contribution in [2.45, 2.75) is 45.3 Å². The van der Waals surface area contributed by atoms with Gasteiger partial charge in [-0.1, -0.05) is 0 Å². The molecule has 7 heteroatoms. The van der Waals surface area contributed by atoms with E-state index in [2.05, 4.69) is 5.10 Å². The molecule has 1 aliphatic rings. The monoisotopic (exact) mass is 267 g/mol. The summed E-state index contributed by atoms with van der Waals surface area (Å²) < 4.78 is 6.66. The largest absolute Gasteiger partial charge is 0.461 e. The number of carbonyl (C=O) groups excluding carboxylic acids is 1. The van der Waals surface area contributed by atoms with Crippen LogP contribution in [0.4, 0.5) is 5.69 Å². The molecule has 1 aliphatic carbocycles. The van der Waals surface area contributed by atoms with Gasteiger partial charge in [-0.3, -0.25) is 10.1 Å². The summed E-state index contributed by atoms with van der Waals surface area (Å²) in [6, 6.07) is 0. The highest BCUT2D eigenvalue weighted by Gasteiger charge is 2.38. The number of nitro groups is 1. The summed E-state index contributed by atoms with van der Waals surface area (Å²) in [5.74, 6) is 0.0246. The number of nitrogens with zero attached hydrogens (tertiary/aromatic N) is 3. The van der Waals surface area contributed by atoms with Crippen molar-refractivity contribution in [1.82, 2.24) is 9.78 Å². The van der Waals surface area contributed by atoms with Crippen LogP contribution < -0.4 is 0 Å². The van der Waals surface area contributed by atoms with Crippen LogP contribution >= 0.6 is 0 Å². The van der Waals surface area contributed by atoms with E-state index in [-0.39, 0.29) is 11.8 Å². The third-order valence-electron chi connectivity index (χ3n) is 3.43. The lowest BCUT2D eigenvalue weighted by atomic mass is 10.1. The molecule has 0 spiro atoms. The maximum atomic E-state index is 12.1. The zero-order valence-corrected chi connectivity index (χ0v) is 11.2. The molecule has 1 fully saturated rings. The van der Waals surface area contributed by atoms with E-state index < -0.39 is 16.4 Å². The zero-order chi connectivity index (χ0) is 14.2. The van der Waals surface area contributed by atoms with Crippen molar-refractivity contribution in [3.63, 3.8) is 0 Å². The van der Waals surface area contributed by atoms with Crippen LogP contribution in [0.15, 0.2) is 12.4 Å². The molecule has 0 amide bonds. The van der Waals surface area contributed by atoms with E-state index in [0.29, 0.717) is 5.92 Å². The first kappa shape index (κ1) is 13.5. The fraction of sp³-hybridized carbons (Fsp3) is 0.667. The number of rotatable bonds is 5. The van der Waals surface area contributed by atoms with Gasteiger partial charge in [0.25, 0.3) is 0 Å². The molecule has 19 heavy (non-hydrogen) atoms. The van der Waals surface area contributed by atoms with Gasteiger partial charge in [-0.05, 0) is 39.5 Å². The number of hydrogen-bond acceptors (Lipinski definition) is 5. The molecular formula is C12H17N3O4. The van der Waals surface area contributed by atoms with Crippen LogP contribution in [0.25, 0.3) is 0 Å². The van der Waals surface area contributed by atoms with Crippen molar-refractivity contribution in [2.75, 3.05) is 0 Å². The third-order valence-corrected chi connectivity index (χ3v) is 3.43. The van der Waals surface area contributed by atoms with Crippen LogP contribution in [0.5, 0.6) is 0 Å². The Morgan fingerprint density at radius 3 is 2.74 bits per heavy atom. The van der Waals surface area contributed by atoms with Gasteiger partial charge in [-0.2, -0.15) is 5.10 Å². The predicted molar refractivity (Wildman–Crippen MR) is 66.5 cm³/mol. The lowest BCUT2D eigenvalue weighted by molar-refractivity contribution is -0.385. The number of esters is 1. The Morgan fingerprint density at radius 1 is 1.63 bits per heavy atom. The normalized spacial score (nSPS) is 17.0. The van der Waals surface area contributed by atoms with Gasteiger partial charge in [-0.15, -0.1) is 0 Å². The van der Waals surface area contributed by atoms with Crippen LogP contribution in [0, 0.1) is 16.0 Å². The summed E-state index contributed by atoms with van der Waals surface area (Å²) >= 11 is 0. The van der Waals surface area contributed by atoms with Crippen LogP contribution in [0.3, 0.4) is 0 Å². The van der Waals surface area contributed by atoms with Crippen molar-refractivity contribution in [3.05, 3.63) is 22.5 Å². The van der Waals surface area contributed by atoms with Gasteiger partial charge in [0.15, 0.2) is 5.54 Å². The Labute approximate surface area is 110 Å². The second kappa shape index (κ2) is 4.64. The molecule has 0 saturated heterocycles. The van der Waals surface area contributed by atoms with Crippen molar-refractivity contribution in [3.8, 4) is 0 Å². The number of carbonyl (C=O) groups is 1. The minimum Gasteiger partial charge on any atom is -0.461 e. The van der Waals surface area contributed by atoms with Gasteiger partial charge in [-0.25, -0.2) is 9.48 Å². The van der Waals surface area contributed by atoms with Crippen LogP contribution in [-0.4, -0.2) is 26.8 Å². The smallest absolute Gasteiger partial charge is 0.333 e. The van der Waals surface area contributed by atoms with Crippen LogP contribution in [0.1, 0.15) is 33.6 Å². The SMILES string of the molecule is C[C@H](OC(=O)C(C)(C)n1cc([N+](=O)[O-])cn1)C1CC1. The van der Waals surface area contributed by atoms with Gasteiger partial charge < -0.3 is 4.74 Å². The molecule has 0 unspecified atom stereocenters. The molecule has 0 aliphatic heterocycles. The Hall–Kier alpha value is -1.92. The second-order valence-electron chi connectivity index (χ2n) is 5.41. The summed E-state index contributed by atoms with van der Waals surface area (Å²) in [5, 5.41) is 14.5. The minimum atomic E-state index is -1.06. The second-order valence-corrected chi connectivity index (χ2v) is 5.41. The number of aromatic nitrogens is 2. The molecule has 1 heterocycles. The maximum Gasteiger partial charge on any atom is 0.333 e. The molecule has 1 aromatic heterocycles. The molecule has 2 rings (SSSR count). The highest BCUT2D eigenvalue weighted by molar-refractivity contribution is 5.78.